The van der Waals surface area contributed by atoms with Crippen molar-refractivity contribution in [3.8, 4) is 0 Å². The average molecular weight is 226 g/mol. The molecular weight excluding hydrogens is 208 g/mol. The van der Waals surface area contributed by atoms with Gasteiger partial charge in [-0.25, -0.2) is 4.79 Å². The van der Waals surface area contributed by atoms with Crippen LogP contribution >= 0.6 is 0 Å². The smallest absolute Gasteiger partial charge is 0.333 e. The molecule has 1 amide bonds. The zero-order valence-corrected chi connectivity index (χ0v) is 9.71. The minimum atomic E-state index is -0.287. The highest BCUT2D eigenvalue weighted by molar-refractivity contribution is 5.88. The first-order chi connectivity index (χ1) is 7.67. The monoisotopic (exact) mass is 226 g/mol. The summed E-state index contributed by atoms with van der Waals surface area (Å²) in [6.07, 6.45) is 2.97. The van der Waals surface area contributed by atoms with Gasteiger partial charge in [-0.1, -0.05) is 13.0 Å². The van der Waals surface area contributed by atoms with E-state index in [2.05, 4.69) is 15.4 Å². The van der Waals surface area contributed by atoms with Crippen LogP contribution in [-0.4, -0.2) is 38.1 Å². The van der Waals surface area contributed by atoms with Crippen molar-refractivity contribution in [3.05, 3.63) is 11.6 Å². The van der Waals surface area contributed by atoms with Crippen LogP contribution in [0.5, 0.6) is 0 Å². The molecule has 0 radical (unpaired) electrons. The number of methoxy groups -OCH3 is 1. The van der Waals surface area contributed by atoms with Crippen LogP contribution in [0.1, 0.15) is 19.8 Å². The van der Waals surface area contributed by atoms with Gasteiger partial charge < -0.3 is 15.4 Å². The van der Waals surface area contributed by atoms with Crippen LogP contribution < -0.4 is 10.6 Å². The molecule has 1 aliphatic heterocycles. The van der Waals surface area contributed by atoms with E-state index >= 15 is 0 Å². The van der Waals surface area contributed by atoms with Gasteiger partial charge in [0.25, 0.3) is 0 Å². The average Bonchev–Trinajstić information content (AvgIpc) is 2.69. The number of ether oxygens (including phenoxy) is 1. The van der Waals surface area contributed by atoms with Crippen LogP contribution in [-0.2, 0) is 14.3 Å². The number of amides is 1. The maximum atomic E-state index is 11.2. The molecule has 1 fully saturated rings. The highest BCUT2D eigenvalue weighted by atomic mass is 16.5. The first-order valence-corrected chi connectivity index (χ1v) is 5.44. The van der Waals surface area contributed by atoms with Crippen LogP contribution in [0.2, 0.25) is 0 Å². The largest absolute Gasteiger partial charge is 0.466 e. The minimum absolute atomic E-state index is 0.0742. The second-order valence-electron chi connectivity index (χ2n) is 3.69. The molecule has 16 heavy (non-hydrogen) atoms. The molecule has 0 aromatic rings. The van der Waals surface area contributed by atoms with Gasteiger partial charge in [0, 0.05) is 31.1 Å². The van der Waals surface area contributed by atoms with Crippen molar-refractivity contribution < 1.29 is 14.3 Å². The molecule has 1 atom stereocenters. The summed E-state index contributed by atoms with van der Waals surface area (Å²) < 4.78 is 4.64. The van der Waals surface area contributed by atoms with Crippen molar-refractivity contribution in [1.29, 1.82) is 0 Å². The molecule has 5 heteroatoms. The van der Waals surface area contributed by atoms with E-state index in [9.17, 15) is 9.59 Å². The van der Waals surface area contributed by atoms with Crippen molar-refractivity contribution in [3.63, 3.8) is 0 Å². The third kappa shape index (κ3) is 3.66. The molecule has 0 aromatic carbocycles. The Hall–Kier alpha value is -1.36. The summed E-state index contributed by atoms with van der Waals surface area (Å²) in [5.41, 5.74) is 0.660. The topological polar surface area (TPSA) is 67.4 Å². The van der Waals surface area contributed by atoms with E-state index in [1.54, 1.807) is 0 Å². The molecular formula is C11H18N2O3. The van der Waals surface area contributed by atoms with Crippen molar-refractivity contribution in [2.75, 3.05) is 20.2 Å². The summed E-state index contributed by atoms with van der Waals surface area (Å²) in [6, 6.07) is 0.166. The van der Waals surface area contributed by atoms with Crippen LogP contribution in [0.15, 0.2) is 11.6 Å². The Bertz CT molecular complexity index is 300. The van der Waals surface area contributed by atoms with E-state index < -0.39 is 0 Å². The zero-order chi connectivity index (χ0) is 12.0. The molecule has 5 nitrogen and oxygen atoms in total. The van der Waals surface area contributed by atoms with E-state index in [1.165, 1.54) is 7.11 Å². The molecule has 2 N–H and O–H groups in total. The molecule has 0 saturated carbocycles. The van der Waals surface area contributed by atoms with E-state index in [1.807, 2.05) is 13.0 Å². The van der Waals surface area contributed by atoms with Gasteiger partial charge in [-0.05, 0) is 6.42 Å². The van der Waals surface area contributed by atoms with Gasteiger partial charge in [0.05, 0.1) is 7.11 Å². The Balaban J connectivity index is 2.34. The third-order valence-corrected chi connectivity index (χ3v) is 2.56. The summed E-state index contributed by atoms with van der Waals surface area (Å²) in [7, 11) is 1.37. The van der Waals surface area contributed by atoms with Gasteiger partial charge >= 0.3 is 5.97 Å². The van der Waals surface area contributed by atoms with Crippen molar-refractivity contribution in [2.24, 2.45) is 0 Å². The molecule has 1 saturated heterocycles. The normalized spacial score (nSPS) is 20.8. The fraction of sp³-hybridized carbons (Fsp3) is 0.636. The van der Waals surface area contributed by atoms with Crippen molar-refractivity contribution in [1.82, 2.24) is 10.6 Å². The predicted molar refractivity (Wildman–Crippen MR) is 59.8 cm³/mol. The molecule has 1 heterocycles. The van der Waals surface area contributed by atoms with Gasteiger partial charge in [0.15, 0.2) is 0 Å². The number of carbonyl (C=O) groups is 2. The van der Waals surface area contributed by atoms with E-state index in [0.29, 0.717) is 31.5 Å². The Kier molecular flexibility index (Phi) is 4.98. The van der Waals surface area contributed by atoms with Gasteiger partial charge in [-0.2, -0.15) is 0 Å². The quantitative estimate of drug-likeness (QED) is 0.510. The maximum Gasteiger partial charge on any atom is 0.333 e. The van der Waals surface area contributed by atoms with Gasteiger partial charge in [0.1, 0.15) is 0 Å². The molecule has 0 aromatic heterocycles. The van der Waals surface area contributed by atoms with E-state index in [0.717, 1.165) is 0 Å². The van der Waals surface area contributed by atoms with Crippen LogP contribution in [0.4, 0.5) is 0 Å². The van der Waals surface area contributed by atoms with Crippen molar-refractivity contribution >= 4 is 11.9 Å². The second-order valence-corrected chi connectivity index (χ2v) is 3.69. The lowest BCUT2D eigenvalue weighted by molar-refractivity contribution is -0.136. The van der Waals surface area contributed by atoms with E-state index in [4.69, 9.17) is 0 Å². The fourth-order valence-electron chi connectivity index (χ4n) is 1.60. The number of rotatable bonds is 5. The lowest BCUT2D eigenvalue weighted by Gasteiger charge is -2.08. The number of hydrogen-bond donors (Lipinski definition) is 2. The number of nitrogens with one attached hydrogen (secondary N) is 2. The van der Waals surface area contributed by atoms with E-state index in [-0.39, 0.29) is 17.9 Å². The molecule has 0 aliphatic carbocycles. The van der Waals surface area contributed by atoms with Gasteiger partial charge in [-0.3, -0.25) is 4.79 Å². The summed E-state index contributed by atoms with van der Waals surface area (Å²) in [5, 5.41) is 5.93. The second kappa shape index (κ2) is 6.27. The molecule has 1 unspecified atom stereocenters. The first-order valence-electron chi connectivity index (χ1n) is 5.44. The Morgan fingerprint density at radius 2 is 2.44 bits per heavy atom. The zero-order valence-electron chi connectivity index (χ0n) is 9.71. The molecule has 1 aliphatic rings. The lowest BCUT2D eigenvalue weighted by Crippen LogP contribution is -2.31. The van der Waals surface area contributed by atoms with Crippen LogP contribution in [0, 0.1) is 0 Å². The number of carbonyl (C=O) groups excluding carboxylic acids is 2. The number of hydrogen-bond acceptors (Lipinski definition) is 4. The molecule has 90 valence electrons. The van der Waals surface area contributed by atoms with Gasteiger partial charge in [-0.15, -0.1) is 0 Å². The first kappa shape index (κ1) is 12.7. The summed E-state index contributed by atoms with van der Waals surface area (Å²) >= 11 is 0. The summed E-state index contributed by atoms with van der Waals surface area (Å²) in [4.78, 5) is 22.2. The standard InChI is InChI=1S/C11H18N2O3/c1-3-8(11(15)16-2)4-5-12-9-6-10(14)13-7-9/h4,9,12H,3,5-7H2,1-2H3,(H,13,14). The van der Waals surface area contributed by atoms with Crippen LogP contribution in [0.25, 0.3) is 0 Å². The highest BCUT2D eigenvalue weighted by Gasteiger charge is 2.20. The molecule has 0 spiro atoms. The minimum Gasteiger partial charge on any atom is -0.466 e. The third-order valence-electron chi connectivity index (χ3n) is 2.56. The number of esters is 1. The fourth-order valence-corrected chi connectivity index (χ4v) is 1.60. The maximum absolute atomic E-state index is 11.2. The van der Waals surface area contributed by atoms with Crippen molar-refractivity contribution in [2.45, 2.75) is 25.8 Å². The SMILES string of the molecule is CCC(=CCNC1CNC(=O)C1)C(=O)OC. The predicted octanol–water partition coefficient (Wildman–Crippen LogP) is -0.0261. The highest BCUT2D eigenvalue weighted by Crippen LogP contribution is 2.03. The Morgan fingerprint density at radius 1 is 1.69 bits per heavy atom. The molecule has 0 bridgehead atoms. The molecule has 1 rings (SSSR count). The lowest BCUT2D eigenvalue weighted by atomic mass is 10.2. The Labute approximate surface area is 95.2 Å². The van der Waals surface area contributed by atoms with Gasteiger partial charge in [0.2, 0.25) is 5.91 Å². The summed E-state index contributed by atoms with van der Waals surface area (Å²) in [5.74, 6) is -0.213. The summed E-state index contributed by atoms with van der Waals surface area (Å²) in [6.45, 7) is 3.15. The van der Waals surface area contributed by atoms with Crippen LogP contribution in [0.3, 0.4) is 0 Å². The Morgan fingerprint density at radius 3 is 2.94 bits per heavy atom.